The molecule has 4 rings (SSSR count). The van der Waals surface area contributed by atoms with Crippen molar-refractivity contribution in [3.63, 3.8) is 0 Å². The number of nitrogens with zero attached hydrogens (tertiary/aromatic N) is 3. The van der Waals surface area contributed by atoms with Gasteiger partial charge < -0.3 is 9.64 Å². The Hall–Kier alpha value is -1.94. The molecule has 0 aliphatic carbocycles. The maximum Gasteiger partial charge on any atom is 0.226 e. The SMILES string of the molecule is C=Cc1ccc2nc(N3[C@@H]4COC[C@H]3C4)ncc2c1. The number of morpholine rings is 1. The van der Waals surface area contributed by atoms with E-state index in [9.17, 15) is 0 Å². The normalized spacial score (nSPS) is 25.2. The number of rotatable bonds is 2. The van der Waals surface area contributed by atoms with E-state index in [1.807, 2.05) is 24.4 Å². The van der Waals surface area contributed by atoms with Gasteiger partial charge in [-0.25, -0.2) is 9.97 Å². The first-order valence-corrected chi connectivity index (χ1v) is 6.60. The summed E-state index contributed by atoms with van der Waals surface area (Å²) in [5.74, 6) is 0.836. The third-order valence-corrected chi connectivity index (χ3v) is 4.01. The van der Waals surface area contributed by atoms with E-state index in [2.05, 4.69) is 27.5 Å². The van der Waals surface area contributed by atoms with Crippen LogP contribution < -0.4 is 4.90 Å². The van der Waals surface area contributed by atoms with E-state index < -0.39 is 0 Å². The van der Waals surface area contributed by atoms with E-state index in [-0.39, 0.29) is 0 Å². The van der Waals surface area contributed by atoms with Crippen LogP contribution in [0, 0.1) is 0 Å². The molecule has 2 fully saturated rings. The lowest BCUT2D eigenvalue weighted by molar-refractivity contribution is 0.00911. The van der Waals surface area contributed by atoms with Crippen LogP contribution in [-0.4, -0.2) is 35.3 Å². The average molecular weight is 253 g/mol. The molecule has 3 heterocycles. The van der Waals surface area contributed by atoms with Crippen molar-refractivity contribution in [2.45, 2.75) is 18.5 Å². The maximum absolute atomic E-state index is 5.49. The highest BCUT2D eigenvalue weighted by molar-refractivity contribution is 5.81. The van der Waals surface area contributed by atoms with Crippen molar-refractivity contribution in [1.29, 1.82) is 0 Å². The number of fused-ring (bicyclic) bond motifs is 3. The molecule has 0 amide bonds. The molecule has 19 heavy (non-hydrogen) atoms. The van der Waals surface area contributed by atoms with Crippen molar-refractivity contribution >= 4 is 22.9 Å². The molecular formula is C15H15N3O. The van der Waals surface area contributed by atoms with Crippen LogP contribution in [0.2, 0.25) is 0 Å². The monoisotopic (exact) mass is 253 g/mol. The number of benzene rings is 1. The molecule has 96 valence electrons. The maximum atomic E-state index is 5.49. The minimum absolute atomic E-state index is 0.462. The van der Waals surface area contributed by atoms with Crippen LogP contribution >= 0.6 is 0 Å². The molecule has 2 saturated heterocycles. The molecular weight excluding hydrogens is 238 g/mol. The summed E-state index contributed by atoms with van der Waals surface area (Å²) >= 11 is 0. The fourth-order valence-electron chi connectivity index (χ4n) is 2.96. The van der Waals surface area contributed by atoms with Gasteiger partial charge in [0, 0.05) is 11.6 Å². The Kier molecular flexibility index (Phi) is 2.32. The summed E-state index contributed by atoms with van der Waals surface area (Å²) in [5, 5.41) is 1.06. The summed E-state index contributed by atoms with van der Waals surface area (Å²) in [6, 6.07) is 7.05. The Morgan fingerprint density at radius 1 is 1.32 bits per heavy atom. The van der Waals surface area contributed by atoms with Crippen LogP contribution in [0.3, 0.4) is 0 Å². The van der Waals surface area contributed by atoms with Gasteiger partial charge in [0.1, 0.15) is 0 Å². The second-order valence-corrected chi connectivity index (χ2v) is 5.18. The molecule has 1 aromatic heterocycles. The van der Waals surface area contributed by atoms with Crippen molar-refractivity contribution in [1.82, 2.24) is 9.97 Å². The van der Waals surface area contributed by atoms with Gasteiger partial charge >= 0.3 is 0 Å². The fraction of sp³-hybridized carbons (Fsp3) is 0.333. The summed E-state index contributed by atoms with van der Waals surface area (Å²) in [4.78, 5) is 11.5. The largest absolute Gasteiger partial charge is 0.377 e. The first-order chi connectivity index (χ1) is 9.35. The van der Waals surface area contributed by atoms with Gasteiger partial charge in [-0.1, -0.05) is 18.7 Å². The third-order valence-electron chi connectivity index (χ3n) is 4.01. The second-order valence-electron chi connectivity index (χ2n) is 5.18. The van der Waals surface area contributed by atoms with Gasteiger partial charge in [0.25, 0.3) is 0 Å². The van der Waals surface area contributed by atoms with Crippen LogP contribution in [0.1, 0.15) is 12.0 Å². The van der Waals surface area contributed by atoms with Gasteiger partial charge in [-0.2, -0.15) is 0 Å². The minimum atomic E-state index is 0.462. The topological polar surface area (TPSA) is 38.2 Å². The molecule has 2 aliphatic heterocycles. The molecule has 2 bridgehead atoms. The van der Waals surface area contributed by atoms with Crippen LogP contribution in [0.25, 0.3) is 17.0 Å². The predicted molar refractivity (Wildman–Crippen MR) is 75.1 cm³/mol. The average Bonchev–Trinajstić information content (AvgIpc) is 2.47. The Bertz CT molecular complexity index is 641. The van der Waals surface area contributed by atoms with Gasteiger partial charge in [-0.3, -0.25) is 0 Å². The zero-order chi connectivity index (χ0) is 12.8. The van der Waals surface area contributed by atoms with Crippen molar-refractivity contribution in [3.05, 3.63) is 36.5 Å². The molecule has 2 aliphatic rings. The molecule has 0 saturated carbocycles. The van der Waals surface area contributed by atoms with Crippen LogP contribution in [0.5, 0.6) is 0 Å². The summed E-state index contributed by atoms with van der Waals surface area (Å²) < 4.78 is 5.49. The summed E-state index contributed by atoms with van der Waals surface area (Å²) in [6.45, 7) is 5.38. The zero-order valence-corrected chi connectivity index (χ0v) is 10.6. The number of hydrogen-bond acceptors (Lipinski definition) is 4. The number of ether oxygens (including phenoxy) is 1. The minimum Gasteiger partial charge on any atom is -0.377 e. The second kappa shape index (κ2) is 4.03. The quantitative estimate of drug-likeness (QED) is 0.822. The molecule has 2 atom stereocenters. The lowest BCUT2D eigenvalue weighted by Gasteiger charge is -2.52. The molecule has 4 heteroatoms. The molecule has 0 unspecified atom stereocenters. The van der Waals surface area contributed by atoms with Crippen LogP contribution in [-0.2, 0) is 4.74 Å². The molecule has 4 nitrogen and oxygen atoms in total. The van der Waals surface area contributed by atoms with Crippen molar-refractivity contribution < 1.29 is 4.74 Å². The Balaban J connectivity index is 1.74. The third kappa shape index (κ3) is 1.64. The lowest BCUT2D eigenvalue weighted by Crippen LogP contribution is -2.64. The van der Waals surface area contributed by atoms with Crippen molar-refractivity contribution in [3.8, 4) is 0 Å². The lowest BCUT2D eigenvalue weighted by atomic mass is 9.92. The van der Waals surface area contributed by atoms with Gasteiger partial charge in [0.05, 0.1) is 30.8 Å². The van der Waals surface area contributed by atoms with E-state index in [1.54, 1.807) is 0 Å². The van der Waals surface area contributed by atoms with Gasteiger partial charge in [-0.15, -0.1) is 0 Å². The van der Waals surface area contributed by atoms with Crippen molar-refractivity contribution in [2.75, 3.05) is 18.1 Å². The van der Waals surface area contributed by atoms with E-state index in [0.29, 0.717) is 12.1 Å². The summed E-state index contributed by atoms with van der Waals surface area (Å²) in [7, 11) is 0. The van der Waals surface area contributed by atoms with Crippen LogP contribution in [0.4, 0.5) is 5.95 Å². The van der Waals surface area contributed by atoms with E-state index >= 15 is 0 Å². The smallest absolute Gasteiger partial charge is 0.226 e. The van der Waals surface area contributed by atoms with Crippen LogP contribution in [0.15, 0.2) is 31.0 Å². The van der Waals surface area contributed by atoms with E-state index in [0.717, 1.165) is 35.6 Å². The molecule has 0 spiro atoms. The van der Waals surface area contributed by atoms with Crippen molar-refractivity contribution in [2.24, 2.45) is 0 Å². The van der Waals surface area contributed by atoms with Gasteiger partial charge in [-0.05, 0) is 24.1 Å². The highest BCUT2D eigenvalue weighted by atomic mass is 16.5. The Morgan fingerprint density at radius 3 is 2.89 bits per heavy atom. The van der Waals surface area contributed by atoms with Gasteiger partial charge in [0.15, 0.2) is 0 Å². The van der Waals surface area contributed by atoms with E-state index in [1.165, 1.54) is 6.42 Å². The first-order valence-electron chi connectivity index (χ1n) is 6.60. The first kappa shape index (κ1) is 10.9. The molecule has 0 N–H and O–H groups in total. The standard InChI is InChI=1S/C15H15N3O/c1-2-10-3-4-14-11(5-10)7-16-15(17-14)18-12-6-13(18)9-19-8-12/h2-5,7,12-13H,1,6,8-9H2/t12-,13+. The number of hydrogen-bond donors (Lipinski definition) is 0. The molecule has 1 aromatic carbocycles. The molecule has 2 aromatic rings. The zero-order valence-electron chi connectivity index (χ0n) is 10.6. The van der Waals surface area contributed by atoms with E-state index in [4.69, 9.17) is 4.74 Å². The Labute approximate surface area is 111 Å². The highest BCUT2D eigenvalue weighted by Gasteiger charge is 2.43. The van der Waals surface area contributed by atoms with Gasteiger partial charge in [0.2, 0.25) is 5.95 Å². The predicted octanol–water partition coefficient (Wildman–Crippen LogP) is 2.25. The summed E-state index contributed by atoms with van der Waals surface area (Å²) in [6.07, 6.45) is 4.95. The Morgan fingerprint density at radius 2 is 2.16 bits per heavy atom. The molecule has 0 radical (unpaired) electrons. The fourth-order valence-corrected chi connectivity index (χ4v) is 2.96. The number of aromatic nitrogens is 2. The summed E-state index contributed by atoms with van der Waals surface area (Å²) in [5.41, 5.74) is 2.08. The highest BCUT2D eigenvalue weighted by Crippen LogP contribution is 2.34. The number of anilines is 1.